The number of para-hydroxylation sites is 1. The van der Waals surface area contributed by atoms with Crippen LogP contribution in [0.4, 0.5) is 11.4 Å². The molecule has 1 fully saturated rings. The van der Waals surface area contributed by atoms with E-state index < -0.39 is 0 Å². The largest absolute Gasteiger partial charge is 0.352 e. The number of anilines is 2. The molecule has 4 aliphatic rings. The Morgan fingerprint density at radius 2 is 1.82 bits per heavy atom. The van der Waals surface area contributed by atoms with Crippen molar-refractivity contribution >= 4 is 23.5 Å². The summed E-state index contributed by atoms with van der Waals surface area (Å²) in [5.74, 6) is 0. The predicted octanol–water partition coefficient (Wildman–Crippen LogP) is 4.23. The van der Waals surface area contributed by atoms with Crippen LogP contribution < -0.4 is 21.4 Å². The lowest BCUT2D eigenvalue weighted by molar-refractivity contribution is 0.413. The zero-order valence-corrected chi connectivity index (χ0v) is 18.8. The third kappa shape index (κ3) is 3.74. The molecule has 3 aliphatic carbocycles. The summed E-state index contributed by atoms with van der Waals surface area (Å²) in [6, 6.07) is 19.4. The van der Waals surface area contributed by atoms with Gasteiger partial charge in [0.2, 0.25) is 0 Å². The highest BCUT2D eigenvalue weighted by molar-refractivity contribution is 5.71. The first kappa shape index (κ1) is 19.9. The van der Waals surface area contributed by atoms with E-state index >= 15 is 0 Å². The van der Waals surface area contributed by atoms with Gasteiger partial charge >= 0.3 is 0 Å². The van der Waals surface area contributed by atoms with Crippen molar-refractivity contribution in [3.8, 4) is 17.1 Å². The van der Waals surface area contributed by atoms with Gasteiger partial charge < -0.3 is 9.88 Å². The molecule has 164 valence electrons. The van der Waals surface area contributed by atoms with E-state index in [1.54, 1.807) is 0 Å². The molecule has 1 aromatic heterocycles. The summed E-state index contributed by atoms with van der Waals surface area (Å²) in [6.45, 7) is 2.02. The Kier molecular flexibility index (Phi) is 5.02. The topological polar surface area (TPSA) is 55.1 Å². The molecular formula is C28H27N5. The summed E-state index contributed by atoms with van der Waals surface area (Å²) < 4.78 is 2.34. The average Bonchev–Trinajstić information content (AvgIpc) is 2.82. The Morgan fingerprint density at radius 1 is 0.970 bits per heavy atom. The Labute approximate surface area is 193 Å². The minimum atomic E-state index is 0.397. The van der Waals surface area contributed by atoms with Crippen LogP contribution in [0, 0.1) is 6.92 Å². The molecule has 1 N–H and O–H groups in total. The van der Waals surface area contributed by atoms with Gasteiger partial charge in [-0.3, -0.25) is 9.98 Å². The Hall–Kier alpha value is -3.73. The van der Waals surface area contributed by atoms with Gasteiger partial charge in [0.05, 0.1) is 50.6 Å². The minimum Gasteiger partial charge on any atom is -0.352 e. The highest BCUT2D eigenvalue weighted by Crippen LogP contribution is 2.26. The zero-order valence-electron chi connectivity index (χ0n) is 18.8. The summed E-state index contributed by atoms with van der Waals surface area (Å²) >= 11 is 0. The normalized spacial score (nSPS) is 16.0. The quantitative estimate of drug-likeness (QED) is 0.524. The number of pyridine rings is 1. The molecule has 0 amide bonds. The molecule has 33 heavy (non-hydrogen) atoms. The molecule has 1 aliphatic heterocycles. The van der Waals surface area contributed by atoms with Gasteiger partial charge in [-0.05, 0) is 75.4 Å². The molecule has 0 spiro atoms. The third-order valence-electron chi connectivity index (χ3n) is 6.61. The average molecular weight is 434 g/mol. The molecule has 0 unspecified atom stereocenters. The standard InChI is InChI=1S/C28H27N5/c1-19-22(14-8-16-29-19)31-24-17-26-28(18-25(24)30-20-9-7-10-20)33(21-11-3-2-4-12-21)27-15-6-5-13-23(27)32-26/h2-4,8,11-18,20,31H,5-7,9-10H2,1H3. The predicted molar refractivity (Wildman–Crippen MR) is 133 cm³/mol. The fourth-order valence-corrected chi connectivity index (χ4v) is 4.59. The van der Waals surface area contributed by atoms with Crippen LogP contribution >= 0.6 is 0 Å². The number of hydrogen-bond donors (Lipinski definition) is 1. The second kappa shape index (κ2) is 8.32. The Morgan fingerprint density at radius 3 is 2.61 bits per heavy atom. The molecule has 0 radical (unpaired) electrons. The van der Waals surface area contributed by atoms with Gasteiger partial charge in [-0.2, -0.15) is 0 Å². The van der Waals surface area contributed by atoms with E-state index in [-0.39, 0.29) is 0 Å². The minimum absolute atomic E-state index is 0.397. The maximum absolute atomic E-state index is 5.15. The third-order valence-corrected chi connectivity index (χ3v) is 6.61. The van der Waals surface area contributed by atoms with E-state index in [9.17, 15) is 0 Å². The van der Waals surface area contributed by atoms with Crippen molar-refractivity contribution in [2.75, 3.05) is 5.32 Å². The van der Waals surface area contributed by atoms with Crippen molar-refractivity contribution in [1.29, 1.82) is 0 Å². The molecule has 1 aromatic carbocycles. The molecule has 0 saturated heterocycles. The van der Waals surface area contributed by atoms with Gasteiger partial charge in [0, 0.05) is 11.9 Å². The lowest BCUT2D eigenvalue weighted by Crippen LogP contribution is -2.40. The number of nitrogens with zero attached hydrogens (tertiary/aromatic N) is 4. The van der Waals surface area contributed by atoms with Crippen molar-refractivity contribution in [1.82, 2.24) is 14.5 Å². The van der Waals surface area contributed by atoms with Crippen LogP contribution in [-0.2, 0) is 0 Å². The first-order chi connectivity index (χ1) is 16.3. The fraction of sp³-hybridized carbons (Fsp3) is 0.250. The number of fused-ring (bicyclic) bond motifs is 2. The second-order valence-electron chi connectivity index (χ2n) is 8.87. The fourth-order valence-electron chi connectivity index (χ4n) is 4.59. The molecule has 2 aromatic rings. The molecule has 5 nitrogen and oxygen atoms in total. The summed E-state index contributed by atoms with van der Waals surface area (Å²) in [4.78, 5) is 14.7. The van der Waals surface area contributed by atoms with Crippen LogP contribution in [0.2, 0.25) is 0 Å². The SMILES string of the molecule is Cc1ncccc1Nc1cc2nc3c(n(-c4ccccc4)c-2cc1=NC1CCC1)=CCCC=3. The van der Waals surface area contributed by atoms with Gasteiger partial charge in [0.25, 0.3) is 0 Å². The van der Waals surface area contributed by atoms with E-state index in [2.05, 4.69) is 75.6 Å². The first-order valence-electron chi connectivity index (χ1n) is 11.8. The van der Waals surface area contributed by atoms with Crippen LogP contribution in [-0.4, -0.2) is 20.6 Å². The van der Waals surface area contributed by atoms with Gasteiger partial charge in [-0.25, -0.2) is 4.98 Å². The van der Waals surface area contributed by atoms with Crippen molar-refractivity contribution in [2.45, 2.75) is 45.1 Å². The molecule has 0 bridgehead atoms. The van der Waals surface area contributed by atoms with Crippen molar-refractivity contribution in [3.05, 3.63) is 82.5 Å². The highest BCUT2D eigenvalue weighted by atomic mass is 15.0. The van der Waals surface area contributed by atoms with Crippen LogP contribution in [0.5, 0.6) is 0 Å². The van der Waals surface area contributed by atoms with Gasteiger partial charge in [0.15, 0.2) is 0 Å². The summed E-state index contributed by atoms with van der Waals surface area (Å²) in [5.41, 5.74) is 6.13. The molecule has 6 rings (SSSR count). The van der Waals surface area contributed by atoms with Gasteiger partial charge in [-0.1, -0.05) is 30.4 Å². The molecule has 0 atom stereocenters. The number of nitrogens with one attached hydrogen (secondary N) is 1. The number of hydrogen-bond acceptors (Lipinski definition) is 4. The van der Waals surface area contributed by atoms with Crippen LogP contribution in [0.3, 0.4) is 0 Å². The lowest BCUT2D eigenvalue weighted by atomic mass is 9.94. The molecular weight excluding hydrogens is 406 g/mol. The summed E-state index contributed by atoms with van der Waals surface area (Å²) in [7, 11) is 0. The number of aryl methyl sites for hydroxylation is 1. The van der Waals surface area contributed by atoms with Crippen molar-refractivity contribution in [3.63, 3.8) is 0 Å². The van der Waals surface area contributed by atoms with Crippen LogP contribution in [0.25, 0.3) is 29.2 Å². The molecule has 5 heteroatoms. The van der Waals surface area contributed by atoms with E-state index in [1.807, 2.05) is 19.2 Å². The van der Waals surface area contributed by atoms with Gasteiger partial charge in [-0.15, -0.1) is 0 Å². The van der Waals surface area contributed by atoms with Gasteiger partial charge in [0.1, 0.15) is 0 Å². The molecule has 2 heterocycles. The number of benzene rings is 2. The van der Waals surface area contributed by atoms with Crippen LogP contribution in [0.1, 0.15) is 37.8 Å². The van der Waals surface area contributed by atoms with Crippen LogP contribution in [0.15, 0.2) is 65.8 Å². The van der Waals surface area contributed by atoms with E-state index in [1.165, 1.54) is 11.8 Å². The van der Waals surface area contributed by atoms with E-state index in [4.69, 9.17) is 9.98 Å². The summed E-state index contributed by atoms with van der Waals surface area (Å²) in [5, 5.41) is 6.80. The lowest BCUT2D eigenvalue weighted by Gasteiger charge is -2.23. The second-order valence-corrected chi connectivity index (χ2v) is 8.87. The first-order valence-corrected chi connectivity index (χ1v) is 11.8. The maximum Gasteiger partial charge on any atom is 0.0900 e. The van der Waals surface area contributed by atoms with Crippen molar-refractivity contribution in [2.24, 2.45) is 4.99 Å². The highest BCUT2D eigenvalue weighted by Gasteiger charge is 2.19. The zero-order chi connectivity index (χ0) is 22.2. The number of aromatic nitrogens is 3. The summed E-state index contributed by atoms with van der Waals surface area (Å²) in [6.07, 6.45) is 12.0. The Bertz CT molecular complexity index is 1480. The maximum atomic E-state index is 5.15. The Balaban J connectivity index is 1.64. The monoisotopic (exact) mass is 433 g/mol. The van der Waals surface area contributed by atoms with Crippen molar-refractivity contribution < 1.29 is 0 Å². The molecule has 1 saturated carbocycles. The number of rotatable bonds is 4. The van der Waals surface area contributed by atoms with E-state index in [0.29, 0.717) is 6.04 Å². The van der Waals surface area contributed by atoms with E-state index in [0.717, 1.165) is 70.5 Å². The smallest absolute Gasteiger partial charge is 0.0900 e.